The molecule has 0 bridgehead atoms. The Morgan fingerprint density at radius 3 is 2.63 bits per heavy atom. The van der Waals surface area contributed by atoms with Crippen LogP contribution in [0.2, 0.25) is 0 Å². The third-order valence-corrected chi connectivity index (χ3v) is 6.12. The summed E-state index contributed by atoms with van der Waals surface area (Å²) in [5.74, 6) is 1.69. The highest BCUT2D eigenvalue weighted by Crippen LogP contribution is 2.31. The number of amides is 1. The van der Waals surface area contributed by atoms with Crippen LogP contribution >= 0.6 is 0 Å². The predicted molar refractivity (Wildman–Crippen MR) is 146 cm³/mol. The molecular weight excluding hydrogens is 480 g/mol. The van der Waals surface area contributed by atoms with Crippen LogP contribution in [0.15, 0.2) is 60.9 Å². The smallest absolute Gasteiger partial charge is 0.260 e. The molecule has 2 aromatic heterocycles. The molecule has 3 N–H and O–H groups in total. The van der Waals surface area contributed by atoms with Crippen LogP contribution in [0.5, 0.6) is 5.75 Å². The molecular formula is C29H32N6O3. The van der Waals surface area contributed by atoms with Gasteiger partial charge < -0.3 is 20.1 Å². The van der Waals surface area contributed by atoms with E-state index in [1.807, 2.05) is 54.7 Å². The number of fused-ring (bicyclic) bond motifs is 1. The van der Waals surface area contributed by atoms with Crippen LogP contribution < -0.4 is 15.4 Å². The molecule has 1 aliphatic heterocycles. The molecule has 0 radical (unpaired) electrons. The highest BCUT2D eigenvalue weighted by molar-refractivity contribution is 5.80. The van der Waals surface area contributed by atoms with E-state index in [1.165, 1.54) is 0 Å². The monoisotopic (exact) mass is 512 g/mol. The molecule has 4 aromatic rings. The van der Waals surface area contributed by atoms with Gasteiger partial charge in [0.2, 0.25) is 0 Å². The van der Waals surface area contributed by atoms with Gasteiger partial charge in [0.25, 0.3) is 5.91 Å². The van der Waals surface area contributed by atoms with Crippen molar-refractivity contribution in [2.24, 2.45) is 5.41 Å². The van der Waals surface area contributed by atoms with E-state index in [4.69, 9.17) is 19.4 Å². The quantitative estimate of drug-likeness (QED) is 0.296. The molecule has 5 rings (SSSR count). The molecule has 0 aliphatic carbocycles. The topological polar surface area (TPSA) is 114 Å². The fourth-order valence-electron chi connectivity index (χ4n) is 4.04. The minimum atomic E-state index is -0.635. The fourth-order valence-corrected chi connectivity index (χ4v) is 4.04. The van der Waals surface area contributed by atoms with Crippen molar-refractivity contribution in [3.63, 3.8) is 0 Å². The number of H-pyrrole nitrogens is 1. The van der Waals surface area contributed by atoms with Crippen LogP contribution in [0.3, 0.4) is 0 Å². The maximum atomic E-state index is 12.5. The molecule has 1 amide bonds. The second-order valence-electron chi connectivity index (χ2n) is 10.6. The summed E-state index contributed by atoms with van der Waals surface area (Å²) < 4.78 is 11.6. The van der Waals surface area contributed by atoms with E-state index in [1.54, 1.807) is 13.1 Å². The van der Waals surface area contributed by atoms with E-state index in [9.17, 15) is 4.79 Å². The molecule has 1 aliphatic rings. The van der Waals surface area contributed by atoms with Gasteiger partial charge in [0.15, 0.2) is 11.9 Å². The van der Waals surface area contributed by atoms with Crippen LogP contribution in [0.4, 0.5) is 11.5 Å². The summed E-state index contributed by atoms with van der Waals surface area (Å²) in [6.07, 6.45) is 3.02. The Bertz CT molecular complexity index is 1410. The van der Waals surface area contributed by atoms with E-state index in [0.29, 0.717) is 37.2 Å². The summed E-state index contributed by atoms with van der Waals surface area (Å²) in [7, 11) is 0. The molecule has 196 valence electrons. The summed E-state index contributed by atoms with van der Waals surface area (Å²) in [6.45, 7) is 9.42. The maximum Gasteiger partial charge on any atom is 0.260 e. The van der Waals surface area contributed by atoms with Crippen molar-refractivity contribution in [2.75, 3.05) is 11.9 Å². The summed E-state index contributed by atoms with van der Waals surface area (Å²) in [5.41, 5.74) is 5.59. The van der Waals surface area contributed by atoms with Crippen molar-refractivity contribution in [2.45, 2.75) is 47.0 Å². The first-order chi connectivity index (χ1) is 18.2. The zero-order chi connectivity index (χ0) is 26.7. The Kier molecular flexibility index (Phi) is 7.11. The first-order valence-electron chi connectivity index (χ1n) is 12.6. The van der Waals surface area contributed by atoms with E-state index < -0.39 is 6.10 Å². The molecule has 0 spiro atoms. The lowest BCUT2D eigenvalue weighted by molar-refractivity contribution is -0.127. The second-order valence-corrected chi connectivity index (χ2v) is 10.6. The van der Waals surface area contributed by atoms with Crippen molar-refractivity contribution in [3.05, 3.63) is 72.2 Å². The van der Waals surface area contributed by atoms with Crippen LogP contribution in [0.1, 0.15) is 39.0 Å². The zero-order valence-corrected chi connectivity index (χ0v) is 22.0. The molecule has 38 heavy (non-hydrogen) atoms. The molecule has 0 saturated heterocycles. The van der Waals surface area contributed by atoms with Gasteiger partial charge >= 0.3 is 0 Å². The van der Waals surface area contributed by atoms with E-state index in [-0.39, 0.29) is 11.3 Å². The number of carbonyl (C=O) groups excluding carboxylic acids is 1. The molecule has 1 unspecified atom stereocenters. The van der Waals surface area contributed by atoms with Crippen molar-refractivity contribution >= 4 is 17.4 Å². The van der Waals surface area contributed by atoms with Gasteiger partial charge in [-0.3, -0.25) is 9.89 Å². The SMILES string of the molecule is CC(Oc1cccc(-c2nc3c(c(Nc4ccc(-c5cn[nH]c5)cc4)n2)COC3)c1)C(=O)NCC(C)(C)C. The summed E-state index contributed by atoms with van der Waals surface area (Å²) >= 11 is 0. The molecule has 0 saturated carbocycles. The average molecular weight is 513 g/mol. The lowest BCUT2D eigenvalue weighted by Crippen LogP contribution is -2.40. The Balaban J connectivity index is 1.35. The molecule has 1 atom stereocenters. The van der Waals surface area contributed by atoms with Crippen molar-refractivity contribution < 1.29 is 14.3 Å². The first kappa shape index (κ1) is 25.4. The Hall–Kier alpha value is -4.24. The first-order valence-corrected chi connectivity index (χ1v) is 12.6. The minimum absolute atomic E-state index is 0.00245. The second kappa shape index (κ2) is 10.6. The van der Waals surface area contributed by atoms with Gasteiger partial charge in [-0.05, 0) is 42.2 Å². The highest BCUT2D eigenvalue weighted by Gasteiger charge is 2.22. The number of rotatable bonds is 8. The number of nitrogens with zero attached hydrogens (tertiary/aromatic N) is 3. The van der Waals surface area contributed by atoms with Crippen molar-refractivity contribution in [3.8, 4) is 28.3 Å². The summed E-state index contributed by atoms with van der Waals surface area (Å²) in [5, 5.41) is 13.2. The van der Waals surface area contributed by atoms with Crippen LogP contribution in [-0.2, 0) is 22.7 Å². The van der Waals surface area contributed by atoms with E-state index in [2.05, 4.69) is 41.6 Å². The van der Waals surface area contributed by atoms with Gasteiger partial charge in [0.1, 0.15) is 11.6 Å². The van der Waals surface area contributed by atoms with Gasteiger partial charge in [0, 0.05) is 35.1 Å². The predicted octanol–water partition coefficient (Wildman–Crippen LogP) is 5.24. The lowest BCUT2D eigenvalue weighted by Gasteiger charge is -2.21. The van der Waals surface area contributed by atoms with E-state index >= 15 is 0 Å². The van der Waals surface area contributed by atoms with Gasteiger partial charge in [-0.2, -0.15) is 5.10 Å². The number of nitrogens with one attached hydrogen (secondary N) is 3. The van der Waals surface area contributed by atoms with Crippen molar-refractivity contribution in [1.82, 2.24) is 25.5 Å². The van der Waals surface area contributed by atoms with Crippen LogP contribution in [0, 0.1) is 5.41 Å². The number of anilines is 2. The van der Waals surface area contributed by atoms with Gasteiger partial charge in [-0.15, -0.1) is 0 Å². The van der Waals surface area contributed by atoms with Gasteiger partial charge in [-0.25, -0.2) is 9.97 Å². The molecule has 9 nitrogen and oxygen atoms in total. The summed E-state index contributed by atoms with van der Waals surface area (Å²) in [4.78, 5) is 22.1. The average Bonchev–Trinajstić information content (AvgIpc) is 3.60. The fraction of sp³-hybridized carbons (Fsp3) is 0.310. The van der Waals surface area contributed by atoms with E-state index in [0.717, 1.165) is 33.6 Å². The molecule has 2 aromatic carbocycles. The Labute approximate surface area is 222 Å². The molecule has 9 heteroatoms. The number of benzene rings is 2. The van der Waals surface area contributed by atoms with Gasteiger partial charge in [-0.1, -0.05) is 45.0 Å². The van der Waals surface area contributed by atoms with Crippen molar-refractivity contribution in [1.29, 1.82) is 0 Å². The molecule has 0 fully saturated rings. The largest absolute Gasteiger partial charge is 0.481 e. The standard InChI is InChI=1S/C29H32N6O3/c1-18(28(36)30-17-29(2,3)4)38-23-7-5-6-20(12-23)26-34-25-16-37-15-24(25)27(35-26)33-22-10-8-19(9-11-22)21-13-31-32-14-21/h5-14,18H,15-17H2,1-4H3,(H,30,36)(H,31,32)(H,33,34,35). The minimum Gasteiger partial charge on any atom is -0.481 e. The lowest BCUT2D eigenvalue weighted by atomic mass is 9.97. The Morgan fingerprint density at radius 1 is 1.08 bits per heavy atom. The number of hydrogen-bond donors (Lipinski definition) is 3. The molecule has 3 heterocycles. The number of aromatic amines is 1. The summed E-state index contributed by atoms with van der Waals surface area (Å²) in [6, 6.07) is 15.6. The highest BCUT2D eigenvalue weighted by atomic mass is 16.5. The van der Waals surface area contributed by atoms with Crippen LogP contribution in [-0.4, -0.2) is 38.7 Å². The zero-order valence-electron chi connectivity index (χ0n) is 22.0. The number of carbonyl (C=O) groups is 1. The third kappa shape index (κ3) is 6.00. The Morgan fingerprint density at radius 2 is 1.89 bits per heavy atom. The van der Waals surface area contributed by atoms with Gasteiger partial charge in [0.05, 0.1) is 25.1 Å². The normalized spacial score (nSPS) is 13.6. The number of aromatic nitrogens is 4. The maximum absolute atomic E-state index is 12.5. The number of hydrogen-bond acceptors (Lipinski definition) is 7. The number of ether oxygens (including phenoxy) is 2. The third-order valence-electron chi connectivity index (χ3n) is 6.12. The van der Waals surface area contributed by atoms with Crippen LogP contribution in [0.25, 0.3) is 22.5 Å².